The maximum absolute atomic E-state index is 11.5. The second-order valence-electron chi connectivity index (χ2n) is 5.87. The third kappa shape index (κ3) is 5.12. The van der Waals surface area contributed by atoms with Crippen molar-refractivity contribution in [1.29, 1.82) is 0 Å². The summed E-state index contributed by atoms with van der Waals surface area (Å²) < 4.78 is 5.85. The molecule has 0 aromatic heterocycles. The van der Waals surface area contributed by atoms with Gasteiger partial charge in [0.05, 0.1) is 7.11 Å². The van der Waals surface area contributed by atoms with Crippen LogP contribution in [0.5, 0.6) is 0 Å². The molecule has 0 atom stereocenters. The lowest BCUT2D eigenvalue weighted by molar-refractivity contribution is 0.111. The topological polar surface area (TPSA) is 66.0 Å². The van der Waals surface area contributed by atoms with Gasteiger partial charge in [-0.3, -0.25) is 4.99 Å². The Bertz CT molecular complexity index is 598. The first-order valence-corrected chi connectivity index (χ1v) is 8.88. The molecule has 0 radical (unpaired) electrons. The highest BCUT2D eigenvalue weighted by atomic mass is 79.9. The molecule has 1 saturated heterocycles. The number of piperidine rings is 1. The number of hydrogen-bond acceptors (Lipinski definition) is 3. The molecule has 1 aliphatic heterocycles. The van der Waals surface area contributed by atoms with Gasteiger partial charge in [0.1, 0.15) is 0 Å². The third-order valence-electron chi connectivity index (χ3n) is 4.24. The van der Waals surface area contributed by atoms with Gasteiger partial charge >= 0.3 is 6.09 Å². The number of ether oxygens (including phenoxy) is 1. The smallest absolute Gasteiger partial charge is 0.409 e. The van der Waals surface area contributed by atoms with E-state index in [1.165, 1.54) is 18.2 Å². The predicted octanol–water partition coefficient (Wildman–Crippen LogP) is 2.65. The monoisotopic (exact) mass is 396 g/mol. The molecule has 2 N–H and O–H groups in total. The van der Waals surface area contributed by atoms with Gasteiger partial charge in [0.15, 0.2) is 5.96 Å². The van der Waals surface area contributed by atoms with E-state index in [0.717, 1.165) is 29.8 Å². The second-order valence-corrected chi connectivity index (χ2v) is 6.79. The molecule has 0 aliphatic carbocycles. The Labute approximate surface area is 151 Å². The number of methoxy groups -OCH3 is 1. The van der Waals surface area contributed by atoms with E-state index in [2.05, 4.69) is 50.6 Å². The lowest BCUT2D eigenvalue weighted by atomic mass is 10.1. The molecule has 1 aliphatic rings. The Hall–Kier alpha value is -1.76. The average molecular weight is 397 g/mol. The number of rotatable bonds is 3. The number of nitrogens with zero attached hydrogens (tertiary/aromatic N) is 2. The van der Waals surface area contributed by atoms with Crippen molar-refractivity contribution in [3.63, 3.8) is 0 Å². The van der Waals surface area contributed by atoms with Crippen LogP contribution in [0.1, 0.15) is 24.0 Å². The molecule has 132 valence electrons. The average Bonchev–Trinajstić information content (AvgIpc) is 2.59. The summed E-state index contributed by atoms with van der Waals surface area (Å²) >= 11 is 3.48. The molecule has 1 amide bonds. The van der Waals surface area contributed by atoms with Crippen LogP contribution in [-0.4, -0.2) is 50.2 Å². The lowest BCUT2D eigenvalue weighted by Crippen LogP contribution is -2.49. The van der Waals surface area contributed by atoms with Crippen LogP contribution in [0.25, 0.3) is 0 Å². The van der Waals surface area contributed by atoms with E-state index < -0.39 is 0 Å². The van der Waals surface area contributed by atoms with Gasteiger partial charge in [0.25, 0.3) is 0 Å². The minimum atomic E-state index is -0.248. The van der Waals surface area contributed by atoms with E-state index in [4.69, 9.17) is 4.74 Å². The molecular formula is C17H25BrN4O2. The quantitative estimate of drug-likeness (QED) is 0.608. The summed E-state index contributed by atoms with van der Waals surface area (Å²) in [6, 6.07) is 6.57. The van der Waals surface area contributed by atoms with Crippen LogP contribution in [-0.2, 0) is 11.3 Å². The van der Waals surface area contributed by atoms with Crippen molar-refractivity contribution in [2.24, 2.45) is 4.99 Å². The van der Waals surface area contributed by atoms with E-state index in [1.807, 2.05) is 6.07 Å². The number of aliphatic imine (C=N–C) groups is 1. The van der Waals surface area contributed by atoms with Crippen LogP contribution < -0.4 is 10.6 Å². The molecule has 1 heterocycles. The molecule has 2 rings (SSSR count). The van der Waals surface area contributed by atoms with Gasteiger partial charge in [-0.15, -0.1) is 0 Å². The number of hydrogen-bond donors (Lipinski definition) is 2. The van der Waals surface area contributed by atoms with Crippen LogP contribution in [0.4, 0.5) is 4.79 Å². The van der Waals surface area contributed by atoms with Crippen molar-refractivity contribution in [2.45, 2.75) is 32.4 Å². The first-order chi connectivity index (χ1) is 11.5. The van der Waals surface area contributed by atoms with Crippen molar-refractivity contribution < 1.29 is 9.53 Å². The van der Waals surface area contributed by atoms with Crippen molar-refractivity contribution in [3.8, 4) is 0 Å². The fraction of sp³-hybridized carbons (Fsp3) is 0.529. The van der Waals surface area contributed by atoms with Gasteiger partial charge in [0, 0.05) is 37.2 Å². The molecule has 0 bridgehead atoms. The summed E-state index contributed by atoms with van der Waals surface area (Å²) in [5.41, 5.74) is 2.47. The molecule has 1 aromatic rings. The van der Waals surface area contributed by atoms with Crippen LogP contribution in [0.2, 0.25) is 0 Å². The van der Waals surface area contributed by atoms with Gasteiger partial charge in [-0.25, -0.2) is 4.79 Å². The van der Waals surface area contributed by atoms with E-state index in [0.29, 0.717) is 19.1 Å². The highest BCUT2D eigenvalue weighted by molar-refractivity contribution is 9.10. The van der Waals surface area contributed by atoms with Gasteiger partial charge in [0.2, 0.25) is 0 Å². The first-order valence-electron chi connectivity index (χ1n) is 8.08. The number of nitrogens with one attached hydrogen (secondary N) is 2. The number of likely N-dealkylation sites (tertiary alicyclic amines) is 1. The number of amides is 1. The van der Waals surface area contributed by atoms with Crippen LogP contribution in [0.15, 0.2) is 27.7 Å². The van der Waals surface area contributed by atoms with E-state index in [-0.39, 0.29) is 6.09 Å². The molecule has 7 heteroatoms. The fourth-order valence-electron chi connectivity index (χ4n) is 2.76. The van der Waals surface area contributed by atoms with Gasteiger partial charge < -0.3 is 20.3 Å². The number of halogens is 1. The molecule has 0 unspecified atom stereocenters. The minimum Gasteiger partial charge on any atom is -0.453 e. The Morgan fingerprint density at radius 2 is 2.12 bits per heavy atom. The molecule has 24 heavy (non-hydrogen) atoms. The van der Waals surface area contributed by atoms with E-state index in [1.54, 1.807) is 11.9 Å². The Morgan fingerprint density at radius 3 is 2.71 bits per heavy atom. The highest BCUT2D eigenvalue weighted by Crippen LogP contribution is 2.16. The Morgan fingerprint density at radius 1 is 1.42 bits per heavy atom. The standard InChI is InChI=1S/C17H25BrN4O2/c1-12-10-14(18)5-4-13(12)11-20-16(19-2)21-15-6-8-22(9-7-15)17(23)24-3/h4-5,10,15H,6-9,11H2,1-3H3,(H2,19,20,21). The second kappa shape index (κ2) is 8.92. The van der Waals surface area contributed by atoms with E-state index >= 15 is 0 Å². The van der Waals surface area contributed by atoms with E-state index in [9.17, 15) is 4.79 Å². The molecule has 1 fully saturated rings. The zero-order chi connectivity index (χ0) is 17.5. The maximum atomic E-state index is 11.5. The largest absolute Gasteiger partial charge is 0.453 e. The third-order valence-corrected chi connectivity index (χ3v) is 4.74. The number of aryl methyl sites for hydroxylation is 1. The summed E-state index contributed by atoms with van der Waals surface area (Å²) in [7, 11) is 3.19. The first kappa shape index (κ1) is 18.6. The summed E-state index contributed by atoms with van der Waals surface area (Å²) in [5.74, 6) is 0.786. The molecule has 1 aromatic carbocycles. The van der Waals surface area contributed by atoms with Crippen LogP contribution >= 0.6 is 15.9 Å². The lowest BCUT2D eigenvalue weighted by Gasteiger charge is -2.32. The normalized spacial score (nSPS) is 16.0. The number of carbonyl (C=O) groups excluding carboxylic acids is 1. The van der Waals surface area contributed by atoms with Crippen molar-refractivity contribution in [2.75, 3.05) is 27.2 Å². The Kier molecular flexibility index (Phi) is 6.90. The van der Waals surface area contributed by atoms with Crippen molar-refractivity contribution in [3.05, 3.63) is 33.8 Å². The Balaban J connectivity index is 1.82. The predicted molar refractivity (Wildman–Crippen MR) is 99.2 cm³/mol. The molecule has 6 nitrogen and oxygen atoms in total. The number of guanidine groups is 1. The van der Waals surface area contributed by atoms with Crippen molar-refractivity contribution in [1.82, 2.24) is 15.5 Å². The number of carbonyl (C=O) groups is 1. The van der Waals surface area contributed by atoms with Gasteiger partial charge in [-0.05, 0) is 43.0 Å². The fourth-order valence-corrected chi connectivity index (χ4v) is 3.24. The number of benzene rings is 1. The van der Waals surface area contributed by atoms with Crippen LogP contribution in [0.3, 0.4) is 0 Å². The summed E-state index contributed by atoms with van der Waals surface area (Å²) in [6.45, 7) is 4.22. The SMILES string of the molecule is CN=C(NCc1ccc(Br)cc1C)NC1CCN(C(=O)OC)CC1. The molecule has 0 saturated carbocycles. The van der Waals surface area contributed by atoms with Crippen molar-refractivity contribution >= 4 is 28.0 Å². The highest BCUT2D eigenvalue weighted by Gasteiger charge is 2.23. The molecule has 0 spiro atoms. The van der Waals surface area contributed by atoms with Gasteiger partial charge in [-0.1, -0.05) is 22.0 Å². The minimum absolute atomic E-state index is 0.248. The zero-order valence-corrected chi connectivity index (χ0v) is 16.0. The van der Waals surface area contributed by atoms with Crippen LogP contribution in [0, 0.1) is 6.92 Å². The summed E-state index contributed by atoms with van der Waals surface area (Å²) in [6.07, 6.45) is 1.52. The summed E-state index contributed by atoms with van der Waals surface area (Å²) in [5, 5.41) is 6.79. The maximum Gasteiger partial charge on any atom is 0.409 e. The zero-order valence-electron chi connectivity index (χ0n) is 14.4. The summed E-state index contributed by atoms with van der Waals surface area (Å²) in [4.78, 5) is 17.5. The van der Waals surface area contributed by atoms with Gasteiger partial charge in [-0.2, -0.15) is 0 Å². The molecular weight excluding hydrogens is 372 g/mol.